The van der Waals surface area contributed by atoms with Crippen LogP contribution in [-0.2, 0) is 20.4 Å². The fourth-order valence-corrected chi connectivity index (χ4v) is 5.04. The number of rotatable bonds is 6. The maximum atomic E-state index is 12.6. The molecule has 2 rings (SSSR count). The van der Waals surface area contributed by atoms with Crippen LogP contribution in [0, 0.1) is 11.8 Å². The normalized spacial score (nSPS) is 29.7. The van der Waals surface area contributed by atoms with Gasteiger partial charge in [0.2, 0.25) is 0 Å². The lowest BCUT2D eigenvalue weighted by Gasteiger charge is -2.32. The largest absolute Gasteiger partial charge is 0.511 e. The number of Topliss-reactive ketones (excluding diaryl/α,β-unsaturated/α-hetero) is 1. The Bertz CT molecular complexity index is 527. The van der Waals surface area contributed by atoms with Gasteiger partial charge in [0.15, 0.2) is 5.78 Å². The van der Waals surface area contributed by atoms with E-state index in [0.717, 1.165) is 25.0 Å². The van der Waals surface area contributed by atoms with Crippen molar-refractivity contribution in [2.45, 2.75) is 52.4 Å². The molecule has 1 fully saturated rings. The highest BCUT2D eigenvalue weighted by atomic mass is 32.2. The van der Waals surface area contributed by atoms with Gasteiger partial charge in [0.25, 0.3) is 0 Å². The van der Waals surface area contributed by atoms with Crippen molar-refractivity contribution in [3.05, 3.63) is 11.3 Å². The summed E-state index contributed by atoms with van der Waals surface area (Å²) in [6.07, 6.45) is 4.30. The number of hydrogen-bond donors (Lipinski definition) is 1. The third-order valence-electron chi connectivity index (χ3n) is 4.56. The summed E-state index contributed by atoms with van der Waals surface area (Å²) < 4.78 is 11.8. The van der Waals surface area contributed by atoms with E-state index >= 15 is 0 Å². The number of allylic oxidation sites excluding steroid dienone is 2. The molecule has 0 radical (unpaired) electrons. The maximum absolute atomic E-state index is 12.6. The average molecular weight is 341 g/mol. The topological polar surface area (TPSA) is 76.0 Å². The van der Waals surface area contributed by atoms with E-state index < -0.39 is 10.8 Å². The molecule has 1 N–H and O–H groups in total. The Hall–Kier alpha value is -1.17. The first kappa shape index (κ1) is 18.2. The average Bonchev–Trinajstić information content (AvgIpc) is 2.51. The molecule has 1 heterocycles. The Morgan fingerprint density at radius 1 is 1.35 bits per heavy atom. The second-order valence-corrected chi connectivity index (χ2v) is 7.95. The number of hydrogen-bond acceptors (Lipinski definition) is 5. The molecule has 130 valence electrons. The summed E-state index contributed by atoms with van der Waals surface area (Å²) in [5.41, 5.74) is 0.913. The number of aliphatic hydroxyl groups is 1. The molecule has 0 saturated carbocycles. The minimum Gasteiger partial charge on any atom is -0.511 e. The Balaban J connectivity index is 2.17. The van der Waals surface area contributed by atoms with Gasteiger partial charge in [-0.1, -0.05) is 18.5 Å². The summed E-state index contributed by atoms with van der Waals surface area (Å²) in [6.45, 7) is 4.28. The van der Waals surface area contributed by atoms with Crippen molar-refractivity contribution in [2.75, 3.05) is 18.1 Å². The number of oxime groups is 1. The number of aliphatic hydroxyl groups excluding tert-OH is 1. The number of carbonyl (C=O) groups excluding carboxylic acids is 1. The number of carbonyl (C=O) groups is 1. The monoisotopic (exact) mass is 341 g/mol. The molecular weight excluding hydrogens is 314 g/mol. The van der Waals surface area contributed by atoms with Gasteiger partial charge < -0.3 is 9.94 Å². The zero-order valence-corrected chi connectivity index (χ0v) is 14.9. The van der Waals surface area contributed by atoms with Crippen molar-refractivity contribution >= 4 is 22.3 Å². The molecule has 0 bridgehead atoms. The Kier molecular flexibility index (Phi) is 6.81. The quantitative estimate of drug-likeness (QED) is 0.595. The van der Waals surface area contributed by atoms with Gasteiger partial charge in [-0.05, 0) is 38.0 Å². The van der Waals surface area contributed by atoms with Gasteiger partial charge in [0.05, 0.1) is 11.3 Å². The second kappa shape index (κ2) is 8.62. The van der Waals surface area contributed by atoms with Crippen molar-refractivity contribution in [3.8, 4) is 0 Å². The SMILES string of the molecule is CCC/C(=N/OCC)C1=C(O)CC(C2CCCS(=O)C2)CC1=O. The first-order chi connectivity index (χ1) is 11.1. The van der Waals surface area contributed by atoms with Gasteiger partial charge >= 0.3 is 0 Å². The lowest BCUT2D eigenvalue weighted by atomic mass is 9.76. The van der Waals surface area contributed by atoms with E-state index in [0.29, 0.717) is 42.9 Å². The van der Waals surface area contributed by atoms with Crippen molar-refractivity contribution < 1.29 is 18.9 Å². The molecule has 0 amide bonds. The van der Waals surface area contributed by atoms with E-state index in [1.54, 1.807) is 0 Å². The van der Waals surface area contributed by atoms with E-state index in [2.05, 4.69) is 5.16 Å². The molecule has 3 atom stereocenters. The minimum absolute atomic E-state index is 0.0537. The molecule has 0 spiro atoms. The van der Waals surface area contributed by atoms with Crippen LogP contribution in [0.1, 0.15) is 52.4 Å². The molecule has 0 aromatic carbocycles. The van der Waals surface area contributed by atoms with Crippen LogP contribution in [0.4, 0.5) is 0 Å². The van der Waals surface area contributed by atoms with E-state index in [1.165, 1.54) is 0 Å². The van der Waals surface area contributed by atoms with E-state index in [1.807, 2.05) is 13.8 Å². The highest BCUT2D eigenvalue weighted by Crippen LogP contribution is 2.36. The highest BCUT2D eigenvalue weighted by molar-refractivity contribution is 7.85. The first-order valence-corrected chi connectivity index (χ1v) is 10.0. The van der Waals surface area contributed by atoms with Gasteiger partial charge in [-0.25, -0.2) is 0 Å². The number of nitrogens with zero attached hydrogens (tertiary/aromatic N) is 1. The zero-order valence-electron chi connectivity index (χ0n) is 14.0. The van der Waals surface area contributed by atoms with Crippen LogP contribution >= 0.6 is 0 Å². The summed E-state index contributed by atoms with van der Waals surface area (Å²) in [5, 5.41) is 14.5. The molecule has 1 saturated heterocycles. The summed E-state index contributed by atoms with van der Waals surface area (Å²) in [4.78, 5) is 17.7. The van der Waals surface area contributed by atoms with Crippen molar-refractivity contribution in [2.24, 2.45) is 17.0 Å². The highest BCUT2D eigenvalue weighted by Gasteiger charge is 2.36. The maximum Gasteiger partial charge on any atom is 0.168 e. The van der Waals surface area contributed by atoms with Crippen LogP contribution in [0.25, 0.3) is 0 Å². The molecule has 5 nitrogen and oxygen atoms in total. The minimum atomic E-state index is -0.772. The van der Waals surface area contributed by atoms with E-state index in [-0.39, 0.29) is 23.4 Å². The summed E-state index contributed by atoms with van der Waals surface area (Å²) in [7, 11) is -0.772. The fraction of sp³-hybridized carbons (Fsp3) is 0.765. The predicted molar refractivity (Wildman–Crippen MR) is 92.0 cm³/mol. The summed E-state index contributed by atoms with van der Waals surface area (Å²) >= 11 is 0. The van der Waals surface area contributed by atoms with Gasteiger partial charge in [-0.3, -0.25) is 9.00 Å². The summed E-state index contributed by atoms with van der Waals surface area (Å²) in [6, 6.07) is 0. The third-order valence-corrected chi connectivity index (χ3v) is 6.11. The van der Waals surface area contributed by atoms with Gasteiger partial charge in [0, 0.05) is 35.1 Å². The van der Waals surface area contributed by atoms with E-state index in [9.17, 15) is 14.1 Å². The lowest BCUT2D eigenvalue weighted by Crippen LogP contribution is -2.33. The van der Waals surface area contributed by atoms with Crippen LogP contribution in [0.5, 0.6) is 0 Å². The Labute approximate surface area is 140 Å². The molecule has 2 aliphatic rings. The Morgan fingerprint density at radius 3 is 2.74 bits per heavy atom. The van der Waals surface area contributed by atoms with Gasteiger partial charge in [-0.2, -0.15) is 0 Å². The van der Waals surface area contributed by atoms with Crippen molar-refractivity contribution in [1.29, 1.82) is 0 Å². The van der Waals surface area contributed by atoms with Crippen molar-refractivity contribution in [3.63, 3.8) is 0 Å². The lowest BCUT2D eigenvalue weighted by molar-refractivity contribution is -0.117. The molecule has 0 aromatic rings. The predicted octanol–water partition coefficient (Wildman–Crippen LogP) is 3.13. The van der Waals surface area contributed by atoms with Crippen LogP contribution in [0.3, 0.4) is 0 Å². The number of ketones is 1. The van der Waals surface area contributed by atoms with Gasteiger partial charge in [0.1, 0.15) is 12.4 Å². The van der Waals surface area contributed by atoms with E-state index in [4.69, 9.17) is 4.84 Å². The van der Waals surface area contributed by atoms with Crippen LogP contribution in [0.15, 0.2) is 16.5 Å². The smallest absolute Gasteiger partial charge is 0.168 e. The molecule has 3 unspecified atom stereocenters. The first-order valence-electron chi connectivity index (χ1n) is 8.56. The third kappa shape index (κ3) is 4.66. The standard InChI is InChI=1S/C17H27NO4S/c1-3-6-14(18-22-4-2)17-15(19)9-13(10-16(17)20)12-7-5-8-23(21)11-12/h12-13,19H,3-11H2,1-2H3/b18-14-. The second-order valence-electron chi connectivity index (χ2n) is 6.33. The molecule has 1 aliphatic heterocycles. The van der Waals surface area contributed by atoms with Crippen LogP contribution in [-0.4, -0.2) is 38.9 Å². The molecule has 0 aromatic heterocycles. The Morgan fingerprint density at radius 2 is 2.13 bits per heavy atom. The zero-order chi connectivity index (χ0) is 16.8. The summed E-state index contributed by atoms with van der Waals surface area (Å²) in [5.74, 6) is 1.89. The van der Waals surface area contributed by atoms with Crippen LogP contribution < -0.4 is 0 Å². The molecular formula is C17H27NO4S. The molecule has 6 heteroatoms. The van der Waals surface area contributed by atoms with Crippen molar-refractivity contribution in [1.82, 2.24) is 0 Å². The fourth-order valence-electron chi connectivity index (χ4n) is 3.46. The molecule has 23 heavy (non-hydrogen) atoms. The van der Waals surface area contributed by atoms with Crippen LogP contribution in [0.2, 0.25) is 0 Å². The van der Waals surface area contributed by atoms with Gasteiger partial charge in [-0.15, -0.1) is 0 Å². The molecule has 1 aliphatic carbocycles.